The summed E-state index contributed by atoms with van der Waals surface area (Å²) in [6.45, 7) is 9.82. The van der Waals surface area contributed by atoms with E-state index in [0.29, 0.717) is 18.8 Å². The second kappa shape index (κ2) is 9.59. The maximum Gasteiger partial charge on any atom is 0.310 e. The third-order valence-corrected chi connectivity index (χ3v) is 4.16. The lowest BCUT2D eigenvalue weighted by Crippen LogP contribution is -2.39. The third-order valence-electron chi connectivity index (χ3n) is 4.16. The van der Waals surface area contributed by atoms with Gasteiger partial charge in [-0.25, -0.2) is 0 Å². The summed E-state index contributed by atoms with van der Waals surface area (Å²) in [6, 6.07) is 9.69. The van der Waals surface area contributed by atoms with Crippen LogP contribution in [0.15, 0.2) is 30.3 Å². The first-order chi connectivity index (χ1) is 11.6. The summed E-state index contributed by atoms with van der Waals surface area (Å²) in [4.78, 5) is 24.9. The lowest BCUT2D eigenvalue weighted by Gasteiger charge is -2.28. The molecule has 140 valence electrons. The van der Waals surface area contributed by atoms with E-state index in [9.17, 15) is 9.59 Å². The van der Waals surface area contributed by atoms with E-state index in [1.165, 1.54) is 0 Å². The molecule has 1 rings (SSSR count). The molecule has 2 N–H and O–H groups in total. The molecule has 0 aliphatic rings. The van der Waals surface area contributed by atoms with E-state index in [-0.39, 0.29) is 5.97 Å². The molecule has 1 aromatic carbocycles. The van der Waals surface area contributed by atoms with Gasteiger partial charge in [0.2, 0.25) is 5.91 Å². The zero-order valence-corrected chi connectivity index (χ0v) is 16.2. The third kappa shape index (κ3) is 8.19. The van der Waals surface area contributed by atoms with E-state index < -0.39 is 23.3 Å². The van der Waals surface area contributed by atoms with Gasteiger partial charge in [0.15, 0.2) is 0 Å². The normalized spacial score (nSPS) is 14.2. The summed E-state index contributed by atoms with van der Waals surface area (Å²) in [5.41, 5.74) is 6.09. The van der Waals surface area contributed by atoms with E-state index in [4.69, 9.17) is 10.5 Å². The fraction of sp³-hybridized carbons (Fsp3) is 0.619. The van der Waals surface area contributed by atoms with Gasteiger partial charge in [0, 0.05) is 0 Å². The first-order valence-corrected chi connectivity index (χ1v) is 9.16. The minimum atomic E-state index is -0.581. The summed E-state index contributed by atoms with van der Waals surface area (Å²) in [5.74, 6) is -1.26. The van der Waals surface area contributed by atoms with Gasteiger partial charge in [-0.15, -0.1) is 0 Å². The SMILES string of the molecule is CC(C)CCCC(C(=O)OC(C)(C)C)C(Cc1ccccc1)C(N)=O. The van der Waals surface area contributed by atoms with Gasteiger partial charge in [-0.2, -0.15) is 0 Å². The molecule has 1 aromatic rings. The Hall–Kier alpha value is -1.84. The maximum absolute atomic E-state index is 12.7. The number of ether oxygens (including phenoxy) is 1. The lowest BCUT2D eigenvalue weighted by atomic mass is 9.82. The maximum atomic E-state index is 12.7. The number of benzene rings is 1. The van der Waals surface area contributed by atoms with Crippen molar-refractivity contribution < 1.29 is 14.3 Å². The van der Waals surface area contributed by atoms with Crippen molar-refractivity contribution in [2.45, 2.75) is 65.9 Å². The van der Waals surface area contributed by atoms with Crippen LogP contribution < -0.4 is 5.73 Å². The van der Waals surface area contributed by atoms with Gasteiger partial charge < -0.3 is 10.5 Å². The Morgan fingerprint density at radius 2 is 1.64 bits per heavy atom. The zero-order valence-electron chi connectivity index (χ0n) is 16.2. The Morgan fingerprint density at radius 3 is 2.12 bits per heavy atom. The van der Waals surface area contributed by atoms with E-state index in [1.807, 2.05) is 51.1 Å². The molecule has 0 aliphatic carbocycles. The predicted octanol–water partition coefficient (Wildman–Crippen LogP) is 4.11. The van der Waals surface area contributed by atoms with Gasteiger partial charge >= 0.3 is 5.97 Å². The minimum absolute atomic E-state index is 0.323. The average molecular weight is 347 g/mol. The molecule has 0 aliphatic heterocycles. The largest absolute Gasteiger partial charge is 0.460 e. The molecule has 4 heteroatoms. The molecule has 0 aromatic heterocycles. The molecule has 0 radical (unpaired) electrons. The zero-order chi connectivity index (χ0) is 19.0. The van der Waals surface area contributed by atoms with Gasteiger partial charge in [0.1, 0.15) is 5.60 Å². The highest BCUT2D eigenvalue weighted by Gasteiger charge is 2.35. The highest BCUT2D eigenvalue weighted by molar-refractivity contribution is 5.84. The van der Waals surface area contributed by atoms with Crippen molar-refractivity contribution in [1.82, 2.24) is 0 Å². The van der Waals surface area contributed by atoms with Crippen LogP contribution in [-0.4, -0.2) is 17.5 Å². The van der Waals surface area contributed by atoms with Crippen LogP contribution in [0.2, 0.25) is 0 Å². The van der Waals surface area contributed by atoms with Gasteiger partial charge in [0.25, 0.3) is 0 Å². The van der Waals surface area contributed by atoms with Crippen LogP contribution >= 0.6 is 0 Å². The Labute approximate surface area is 152 Å². The van der Waals surface area contributed by atoms with Gasteiger partial charge in [-0.05, 0) is 45.1 Å². The molecule has 25 heavy (non-hydrogen) atoms. The molecule has 0 fully saturated rings. The molecule has 0 bridgehead atoms. The number of hydrogen-bond acceptors (Lipinski definition) is 3. The van der Waals surface area contributed by atoms with E-state index in [2.05, 4.69) is 13.8 Å². The van der Waals surface area contributed by atoms with Crippen molar-refractivity contribution in [3.63, 3.8) is 0 Å². The second-order valence-electron chi connectivity index (χ2n) is 8.16. The van der Waals surface area contributed by atoms with Crippen molar-refractivity contribution in [3.8, 4) is 0 Å². The Balaban J connectivity index is 2.97. The Bertz CT molecular complexity index is 546. The van der Waals surface area contributed by atoms with Crippen molar-refractivity contribution in [1.29, 1.82) is 0 Å². The first-order valence-electron chi connectivity index (χ1n) is 9.16. The number of primary amides is 1. The molecule has 1 amide bonds. The number of carbonyl (C=O) groups excluding carboxylic acids is 2. The van der Waals surface area contributed by atoms with E-state index >= 15 is 0 Å². The van der Waals surface area contributed by atoms with Crippen LogP contribution in [-0.2, 0) is 20.7 Å². The molecule has 4 nitrogen and oxygen atoms in total. The standard InChI is InChI=1S/C21H33NO3/c1-15(2)10-9-13-17(20(24)25-21(3,4)5)18(19(22)23)14-16-11-7-6-8-12-16/h6-8,11-12,15,17-18H,9-10,13-14H2,1-5H3,(H2,22,23). The van der Waals surface area contributed by atoms with Crippen molar-refractivity contribution >= 4 is 11.9 Å². The van der Waals surface area contributed by atoms with E-state index in [1.54, 1.807) is 0 Å². The molecule has 2 unspecified atom stereocenters. The van der Waals surface area contributed by atoms with Crippen LogP contribution in [0.5, 0.6) is 0 Å². The minimum Gasteiger partial charge on any atom is -0.460 e. The monoisotopic (exact) mass is 347 g/mol. The van der Waals surface area contributed by atoms with Crippen LogP contribution in [0.1, 0.15) is 59.4 Å². The van der Waals surface area contributed by atoms with Crippen molar-refractivity contribution in [2.24, 2.45) is 23.5 Å². The summed E-state index contributed by atoms with van der Waals surface area (Å²) in [6.07, 6.45) is 2.96. The van der Waals surface area contributed by atoms with Gasteiger partial charge in [-0.3, -0.25) is 9.59 Å². The summed E-state index contributed by atoms with van der Waals surface area (Å²) >= 11 is 0. The summed E-state index contributed by atoms with van der Waals surface area (Å²) in [7, 11) is 0. The molecule has 0 saturated heterocycles. The molecule has 0 saturated carbocycles. The van der Waals surface area contributed by atoms with Crippen LogP contribution in [0.4, 0.5) is 0 Å². The quantitative estimate of drug-likeness (QED) is 0.683. The summed E-state index contributed by atoms with van der Waals surface area (Å²) in [5, 5.41) is 0. The number of rotatable bonds is 9. The number of nitrogens with two attached hydrogens (primary N) is 1. The predicted molar refractivity (Wildman–Crippen MR) is 101 cm³/mol. The molecular weight excluding hydrogens is 314 g/mol. The highest BCUT2D eigenvalue weighted by atomic mass is 16.6. The highest BCUT2D eigenvalue weighted by Crippen LogP contribution is 2.27. The Morgan fingerprint density at radius 1 is 1.04 bits per heavy atom. The first kappa shape index (κ1) is 21.2. The molecule has 0 heterocycles. The number of carbonyl (C=O) groups is 2. The smallest absolute Gasteiger partial charge is 0.310 e. The van der Waals surface area contributed by atoms with Gasteiger partial charge in [0.05, 0.1) is 11.8 Å². The lowest BCUT2D eigenvalue weighted by molar-refractivity contribution is -0.164. The van der Waals surface area contributed by atoms with Crippen LogP contribution in [0.25, 0.3) is 0 Å². The molecule has 0 spiro atoms. The average Bonchev–Trinajstić information content (AvgIpc) is 2.48. The van der Waals surface area contributed by atoms with Crippen molar-refractivity contribution in [2.75, 3.05) is 0 Å². The fourth-order valence-electron chi connectivity index (χ4n) is 2.92. The van der Waals surface area contributed by atoms with Crippen LogP contribution in [0, 0.1) is 17.8 Å². The number of hydrogen-bond donors (Lipinski definition) is 1. The van der Waals surface area contributed by atoms with E-state index in [0.717, 1.165) is 18.4 Å². The van der Waals surface area contributed by atoms with Crippen LogP contribution in [0.3, 0.4) is 0 Å². The van der Waals surface area contributed by atoms with Gasteiger partial charge in [-0.1, -0.05) is 57.0 Å². The molecule has 2 atom stereocenters. The van der Waals surface area contributed by atoms with Crippen molar-refractivity contribution in [3.05, 3.63) is 35.9 Å². The number of amides is 1. The number of esters is 1. The molecular formula is C21H33NO3. The summed E-state index contributed by atoms with van der Waals surface area (Å²) < 4.78 is 5.58. The Kier molecular flexibility index (Phi) is 8.14. The fourth-order valence-corrected chi connectivity index (χ4v) is 2.92. The second-order valence-corrected chi connectivity index (χ2v) is 8.16. The topological polar surface area (TPSA) is 69.4 Å².